The average molecular weight is 339 g/mol. The summed E-state index contributed by atoms with van der Waals surface area (Å²) in [6.07, 6.45) is 0. The van der Waals surface area contributed by atoms with Crippen molar-refractivity contribution in [1.82, 2.24) is 4.31 Å². The number of sulfonamides is 1. The van der Waals surface area contributed by atoms with Gasteiger partial charge < -0.3 is 0 Å². The largest absolute Gasteiger partial charge is 0.237 e. The third-order valence-corrected chi connectivity index (χ3v) is 5.30. The minimum absolute atomic E-state index is 0.434. The van der Waals surface area contributed by atoms with Crippen molar-refractivity contribution in [3.8, 4) is 11.8 Å². The number of allylic oxidation sites excluding steroid dienone is 1. The minimum Gasteiger partial charge on any atom is -0.207 e. The molecule has 0 bridgehead atoms. The molecule has 0 aliphatic heterocycles. The van der Waals surface area contributed by atoms with Gasteiger partial charge in [-0.3, -0.25) is 0 Å². The highest BCUT2D eigenvalue weighted by molar-refractivity contribution is 7.92. The van der Waals surface area contributed by atoms with Crippen molar-refractivity contribution < 1.29 is 8.42 Å². The molecule has 124 valence electrons. The Kier molecular flexibility index (Phi) is 6.36. The van der Waals surface area contributed by atoms with Crippen molar-refractivity contribution in [3.63, 3.8) is 0 Å². The van der Waals surface area contributed by atoms with E-state index >= 15 is 0 Å². The predicted octanol–water partition coefficient (Wildman–Crippen LogP) is 3.75. The molecule has 0 unspecified atom stereocenters. The van der Waals surface area contributed by atoms with Crippen LogP contribution < -0.4 is 0 Å². The van der Waals surface area contributed by atoms with E-state index in [-0.39, 0.29) is 0 Å². The molecule has 0 amide bonds. The van der Waals surface area contributed by atoms with Gasteiger partial charge in [-0.1, -0.05) is 74.2 Å². The first-order chi connectivity index (χ1) is 11.6. The fourth-order valence-corrected chi connectivity index (χ4v) is 3.62. The van der Waals surface area contributed by atoms with E-state index in [0.717, 1.165) is 11.1 Å². The molecule has 0 heterocycles. The topological polar surface area (TPSA) is 37.4 Å². The molecule has 0 radical (unpaired) electrons. The highest BCUT2D eigenvalue weighted by atomic mass is 32.2. The van der Waals surface area contributed by atoms with Gasteiger partial charge in [-0.25, -0.2) is 8.42 Å². The average Bonchev–Trinajstić information content (AvgIpc) is 2.61. The summed E-state index contributed by atoms with van der Waals surface area (Å²) < 4.78 is 26.6. The summed E-state index contributed by atoms with van der Waals surface area (Å²) in [5, 5.41) is 1.27. The van der Waals surface area contributed by atoms with Crippen molar-refractivity contribution >= 4 is 15.6 Å². The number of rotatable bonds is 5. The van der Waals surface area contributed by atoms with Crippen molar-refractivity contribution in [1.29, 1.82) is 0 Å². The van der Waals surface area contributed by atoms with Gasteiger partial charge >= 0.3 is 0 Å². The first-order valence-electron chi connectivity index (χ1n) is 7.91. The smallest absolute Gasteiger partial charge is 0.207 e. The van der Waals surface area contributed by atoms with E-state index in [1.54, 1.807) is 0 Å². The van der Waals surface area contributed by atoms with Crippen LogP contribution >= 0.6 is 0 Å². The van der Waals surface area contributed by atoms with E-state index < -0.39 is 10.0 Å². The molecule has 0 saturated heterocycles. The predicted molar refractivity (Wildman–Crippen MR) is 99.6 cm³/mol. The van der Waals surface area contributed by atoms with Gasteiger partial charge in [0.2, 0.25) is 10.0 Å². The Morgan fingerprint density at radius 1 is 0.958 bits per heavy atom. The van der Waals surface area contributed by atoms with Crippen LogP contribution in [0.15, 0.2) is 66.1 Å². The summed E-state index contributed by atoms with van der Waals surface area (Å²) >= 11 is 0. The summed E-state index contributed by atoms with van der Waals surface area (Å²) in [4.78, 5) is 0. The van der Waals surface area contributed by atoms with Crippen LogP contribution in [0.2, 0.25) is 0 Å². The maximum atomic E-state index is 12.6. The van der Waals surface area contributed by atoms with E-state index in [4.69, 9.17) is 0 Å². The van der Waals surface area contributed by atoms with E-state index in [1.165, 1.54) is 9.71 Å². The van der Waals surface area contributed by atoms with Crippen LogP contribution in [0.5, 0.6) is 0 Å². The molecule has 2 aromatic carbocycles. The van der Waals surface area contributed by atoms with Gasteiger partial charge in [-0.05, 0) is 17.7 Å². The van der Waals surface area contributed by atoms with Crippen LogP contribution in [0.1, 0.15) is 25.0 Å². The van der Waals surface area contributed by atoms with E-state index in [2.05, 4.69) is 11.8 Å². The lowest BCUT2D eigenvalue weighted by Gasteiger charge is -2.16. The number of nitrogens with zero attached hydrogens (tertiary/aromatic N) is 1. The second kappa shape index (κ2) is 8.49. The van der Waals surface area contributed by atoms with E-state index in [0.29, 0.717) is 18.7 Å². The second-order valence-corrected chi connectivity index (χ2v) is 6.92. The SMILES string of the molecule is CCN(CC)S(=O)(=O)C=C(C#Cc1ccccc1)c1ccccc1. The monoisotopic (exact) mass is 339 g/mol. The fraction of sp³-hybridized carbons (Fsp3) is 0.200. The van der Waals surface area contributed by atoms with Gasteiger partial charge in [0, 0.05) is 24.2 Å². The first kappa shape index (κ1) is 18.0. The molecule has 4 heteroatoms. The number of hydrogen-bond donors (Lipinski definition) is 0. The molecule has 2 aromatic rings. The molecule has 0 fully saturated rings. The van der Waals surface area contributed by atoms with Crippen molar-refractivity contribution in [3.05, 3.63) is 77.2 Å². The summed E-state index contributed by atoms with van der Waals surface area (Å²) in [7, 11) is -3.51. The number of hydrogen-bond acceptors (Lipinski definition) is 2. The Balaban J connectivity index is 2.49. The van der Waals surface area contributed by atoms with Gasteiger partial charge in [0.15, 0.2) is 0 Å². The van der Waals surface area contributed by atoms with Gasteiger partial charge in [-0.15, -0.1) is 0 Å². The molecule has 0 saturated carbocycles. The van der Waals surface area contributed by atoms with Crippen molar-refractivity contribution in [2.75, 3.05) is 13.1 Å². The van der Waals surface area contributed by atoms with Gasteiger partial charge in [0.1, 0.15) is 0 Å². The summed E-state index contributed by atoms with van der Waals surface area (Å²) in [6.45, 7) is 4.52. The maximum absolute atomic E-state index is 12.6. The van der Waals surface area contributed by atoms with Crippen molar-refractivity contribution in [2.45, 2.75) is 13.8 Å². The zero-order chi connectivity index (χ0) is 17.4. The standard InChI is InChI=1S/C20H21NO2S/c1-3-21(4-2)24(22,23)17-20(19-13-9-6-10-14-19)16-15-18-11-7-5-8-12-18/h5-14,17H,3-4H2,1-2H3. The third kappa shape index (κ3) is 4.82. The molecule has 2 rings (SSSR count). The Bertz CT molecular complexity index is 841. The summed E-state index contributed by atoms with van der Waals surface area (Å²) in [6, 6.07) is 18.9. The molecule has 0 aromatic heterocycles. The lowest BCUT2D eigenvalue weighted by Crippen LogP contribution is -2.28. The van der Waals surface area contributed by atoms with E-state index in [1.807, 2.05) is 74.5 Å². The van der Waals surface area contributed by atoms with Crippen LogP contribution in [-0.2, 0) is 10.0 Å². The summed E-state index contributed by atoms with van der Waals surface area (Å²) in [5.74, 6) is 6.06. The molecule has 24 heavy (non-hydrogen) atoms. The summed E-state index contributed by atoms with van der Waals surface area (Å²) in [5.41, 5.74) is 2.13. The Morgan fingerprint density at radius 2 is 1.50 bits per heavy atom. The molecular formula is C20H21NO2S. The highest BCUT2D eigenvalue weighted by Gasteiger charge is 2.17. The lowest BCUT2D eigenvalue weighted by molar-refractivity contribution is 0.453. The van der Waals surface area contributed by atoms with Gasteiger partial charge in [0.25, 0.3) is 0 Å². The first-order valence-corrected chi connectivity index (χ1v) is 9.41. The Morgan fingerprint density at radius 3 is 2.04 bits per heavy atom. The van der Waals surface area contributed by atoms with Crippen LogP contribution in [0.25, 0.3) is 5.57 Å². The van der Waals surface area contributed by atoms with Crippen LogP contribution in [0.4, 0.5) is 0 Å². The highest BCUT2D eigenvalue weighted by Crippen LogP contribution is 2.17. The van der Waals surface area contributed by atoms with Crippen LogP contribution in [0.3, 0.4) is 0 Å². The quantitative estimate of drug-likeness (QED) is 0.778. The Hall–Kier alpha value is -2.35. The normalized spacial score (nSPS) is 11.9. The molecule has 0 aliphatic carbocycles. The number of benzene rings is 2. The maximum Gasteiger partial charge on any atom is 0.237 e. The molecule has 0 N–H and O–H groups in total. The van der Waals surface area contributed by atoms with Crippen molar-refractivity contribution in [2.24, 2.45) is 0 Å². The van der Waals surface area contributed by atoms with Gasteiger partial charge in [0.05, 0.1) is 5.41 Å². The van der Waals surface area contributed by atoms with E-state index in [9.17, 15) is 8.42 Å². The lowest BCUT2D eigenvalue weighted by atomic mass is 10.1. The second-order valence-electron chi connectivity index (χ2n) is 5.14. The molecule has 3 nitrogen and oxygen atoms in total. The molecule has 0 aliphatic rings. The zero-order valence-corrected chi connectivity index (χ0v) is 14.8. The molecular weight excluding hydrogens is 318 g/mol. The van der Waals surface area contributed by atoms with Crippen LogP contribution in [0, 0.1) is 11.8 Å². The zero-order valence-electron chi connectivity index (χ0n) is 13.9. The Labute approximate surface area is 144 Å². The third-order valence-electron chi connectivity index (χ3n) is 3.53. The van der Waals surface area contributed by atoms with Crippen LogP contribution in [-0.4, -0.2) is 25.8 Å². The minimum atomic E-state index is -3.51. The molecule has 0 spiro atoms. The molecule has 0 atom stereocenters. The van der Waals surface area contributed by atoms with Gasteiger partial charge in [-0.2, -0.15) is 4.31 Å². The fourth-order valence-electron chi connectivity index (χ4n) is 2.26.